The van der Waals surface area contributed by atoms with Crippen molar-refractivity contribution in [2.75, 3.05) is 5.75 Å². The number of nitrogens with zero attached hydrogens (tertiary/aromatic N) is 6. The lowest BCUT2D eigenvalue weighted by molar-refractivity contribution is 0.421. The summed E-state index contributed by atoms with van der Waals surface area (Å²) < 4.78 is 5.05. The minimum absolute atomic E-state index is 0.00301. The normalized spacial score (nSPS) is 11.0. The second kappa shape index (κ2) is 6.67. The summed E-state index contributed by atoms with van der Waals surface area (Å²) in [7, 11) is 1.36. The summed E-state index contributed by atoms with van der Waals surface area (Å²) in [6, 6.07) is 1.85. The van der Waals surface area contributed by atoms with Crippen LogP contribution in [0.3, 0.4) is 0 Å². The standard InChI is InChI=1S/C12H12N6O2S2/c1-4-21-12-14-11(22-17-12)16-15-8-6(2)7(5-13)9(19)18(3)10(8)20/h19H,4H2,1-3H3. The number of hydrogen-bond donors (Lipinski definition) is 1. The van der Waals surface area contributed by atoms with Crippen LogP contribution in [-0.2, 0) is 7.05 Å². The van der Waals surface area contributed by atoms with Gasteiger partial charge in [0.15, 0.2) is 5.69 Å². The van der Waals surface area contributed by atoms with Crippen LogP contribution in [0.1, 0.15) is 18.1 Å². The predicted molar refractivity (Wildman–Crippen MR) is 83.3 cm³/mol. The Bertz CT molecular complexity index is 833. The first-order valence-corrected chi connectivity index (χ1v) is 7.96. The molecule has 8 nitrogen and oxygen atoms in total. The topological polar surface area (TPSA) is 117 Å². The first-order chi connectivity index (χ1) is 10.5. The molecule has 0 aliphatic rings. The van der Waals surface area contributed by atoms with Gasteiger partial charge in [0.1, 0.15) is 11.6 Å². The van der Waals surface area contributed by atoms with Gasteiger partial charge in [0, 0.05) is 24.1 Å². The maximum atomic E-state index is 12.1. The second-order valence-electron chi connectivity index (χ2n) is 4.14. The van der Waals surface area contributed by atoms with Gasteiger partial charge in [0.05, 0.1) is 0 Å². The molecule has 0 aromatic carbocycles. The molecule has 0 saturated heterocycles. The van der Waals surface area contributed by atoms with Crippen molar-refractivity contribution in [3.8, 4) is 11.9 Å². The number of pyridine rings is 1. The SMILES string of the molecule is CCSc1nsc(N=Nc2c(C)c(C#N)c(O)n(C)c2=O)n1. The van der Waals surface area contributed by atoms with Crippen LogP contribution in [0.15, 0.2) is 20.2 Å². The molecule has 22 heavy (non-hydrogen) atoms. The van der Waals surface area contributed by atoms with Gasteiger partial charge in [-0.3, -0.25) is 9.36 Å². The smallest absolute Gasteiger partial charge is 0.281 e. The lowest BCUT2D eigenvalue weighted by Gasteiger charge is -2.07. The molecule has 2 heterocycles. The van der Waals surface area contributed by atoms with E-state index >= 15 is 0 Å². The highest BCUT2D eigenvalue weighted by Gasteiger charge is 2.17. The van der Waals surface area contributed by atoms with Gasteiger partial charge in [-0.25, -0.2) is 0 Å². The third-order valence-electron chi connectivity index (χ3n) is 2.80. The molecule has 2 aromatic rings. The number of azo groups is 1. The third-order valence-corrected chi connectivity index (χ3v) is 4.24. The van der Waals surface area contributed by atoms with Crippen molar-refractivity contribution < 1.29 is 5.11 Å². The number of thioether (sulfide) groups is 1. The van der Waals surface area contributed by atoms with E-state index in [2.05, 4.69) is 19.6 Å². The fourth-order valence-electron chi connectivity index (χ4n) is 1.64. The number of aromatic nitrogens is 3. The fourth-order valence-corrected chi connectivity index (χ4v) is 2.84. The van der Waals surface area contributed by atoms with E-state index in [1.165, 1.54) is 25.7 Å². The average Bonchev–Trinajstić information content (AvgIpc) is 2.94. The minimum atomic E-state index is -0.537. The summed E-state index contributed by atoms with van der Waals surface area (Å²) in [6.45, 7) is 3.52. The van der Waals surface area contributed by atoms with Crippen LogP contribution >= 0.6 is 23.3 Å². The van der Waals surface area contributed by atoms with Gasteiger partial charge in [-0.1, -0.05) is 18.7 Å². The van der Waals surface area contributed by atoms with Gasteiger partial charge < -0.3 is 5.11 Å². The molecular weight excluding hydrogens is 324 g/mol. The van der Waals surface area contributed by atoms with E-state index in [1.807, 2.05) is 13.0 Å². The molecule has 0 fully saturated rings. The van der Waals surface area contributed by atoms with E-state index in [-0.39, 0.29) is 22.7 Å². The van der Waals surface area contributed by atoms with E-state index < -0.39 is 5.56 Å². The zero-order valence-electron chi connectivity index (χ0n) is 12.1. The third kappa shape index (κ3) is 3.00. The Balaban J connectivity index is 2.45. The molecule has 0 saturated carbocycles. The van der Waals surface area contributed by atoms with Gasteiger partial charge in [-0.15, -0.1) is 10.2 Å². The zero-order chi connectivity index (χ0) is 16.3. The van der Waals surface area contributed by atoms with E-state index in [4.69, 9.17) is 5.26 Å². The van der Waals surface area contributed by atoms with Crippen LogP contribution < -0.4 is 5.56 Å². The molecular formula is C12H12N6O2S2. The van der Waals surface area contributed by atoms with Crippen molar-refractivity contribution in [3.05, 3.63) is 21.5 Å². The van der Waals surface area contributed by atoms with Gasteiger partial charge in [0.2, 0.25) is 16.2 Å². The Labute approximate surface area is 134 Å². The van der Waals surface area contributed by atoms with Crippen LogP contribution in [0.4, 0.5) is 10.8 Å². The molecule has 0 aliphatic carbocycles. The molecule has 0 unspecified atom stereocenters. The fraction of sp³-hybridized carbons (Fsp3) is 0.333. The lowest BCUT2D eigenvalue weighted by Crippen LogP contribution is -2.18. The molecule has 114 valence electrons. The quantitative estimate of drug-likeness (QED) is 0.677. The summed E-state index contributed by atoms with van der Waals surface area (Å²) in [6.07, 6.45) is 0. The minimum Gasteiger partial charge on any atom is -0.493 e. The number of nitriles is 1. The molecule has 10 heteroatoms. The van der Waals surface area contributed by atoms with Gasteiger partial charge in [-0.2, -0.15) is 14.6 Å². The summed E-state index contributed by atoms with van der Waals surface area (Å²) >= 11 is 2.55. The predicted octanol–water partition coefficient (Wildman–Crippen LogP) is 2.65. The van der Waals surface area contributed by atoms with Crippen LogP contribution in [0.25, 0.3) is 0 Å². The Hall–Kier alpha value is -2.25. The summed E-state index contributed by atoms with van der Waals surface area (Å²) in [4.78, 5) is 16.3. The Morgan fingerprint density at radius 2 is 2.23 bits per heavy atom. The highest BCUT2D eigenvalue weighted by atomic mass is 32.2. The van der Waals surface area contributed by atoms with Crippen LogP contribution in [0.5, 0.6) is 5.88 Å². The average molecular weight is 336 g/mol. The molecule has 0 aliphatic heterocycles. The molecule has 0 radical (unpaired) electrons. The molecule has 1 N–H and O–H groups in total. The van der Waals surface area contributed by atoms with Gasteiger partial charge >= 0.3 is 0 Å². The van der Waals surface area contributed by atoms with Crippen LogP contribution in [0, 0.1) is 18.3 Å². The van der Waals surface area contributed by atoms with Crippen molar-refractivity contribution in [1.29, 1.82) is 5.26 Å². The number of rotatable bonds is 4. The van der Waals surface area contributed by atoms with E-state index in [0.29, 0.717) is 10.3 Å². The maximum absolute atomic E-state index is 12.1. The summed E-state index contributed by atoms with van der Waals surface area (Å²) in [5, 5.41) is 27.6. The van der Waals surface area contributed by atoms with Crippen molar-refractivity contribution in [2.45, 2.75) is 19.0 Å². The molecule has 2 aromatic heterocycles. The summed E-state index contributed by atoms with van der Waals surface area (Å²) in [5.74, 6) is 0.456. The van der Waals surface area contributed by atoms with Crippen molar-refractivity contribution in [2.24, 2.45) is 17.3 Å². The van der Waals surface area contributed by atoms with Crippen molar-refractivity contribution in [3.63, 3.8) is 0 Å². The van der Waals surface area contributed by atoms with Crippen LogP contribution in [-0.4, -0.2) is 24.8 Å². The van der Waals surface area contributed by atoms with Crippen molar-refractivity contribution >= 4 is 34.1 Å². The molecule has 0 atom stereocenters. The van der Waals surface area contributed by atoms with Crippen molar-refractivity contribution in [1.82, 2.24) is 13.9 Å². The highest BCUT2D eigenvalue weighted by Crippen LogP contribution is 2.27. The summed E-state index contributed by atoms with van der Waals surface area (Å²) in [5.41, 5.74) is -0.266. The van der Waals surface area contributed by atoms with E-state index in [1.54, 1.807) is 0 Å². The van der Waals surface area contributed by atoms with E-state index in [9.17, 15) is 9.90 Å². The molecule has 0 amide bonds. The largest absolute Gasteiger partial charge is 0.493 e. The number of hydrogen-bond acceptors (Lipinski definition) is 9. The monoisotopic (exact) mass is 336 g/mol. The molecule has 2 rings (SSSR count). The first-order valence-electron chi connectivity index (χ1n) is 6.20. The lowest BCUT2D eigenvalue weighted by atomic mass is 10.1. The van der Waals surface area contributed by atoms with Gasteiger partial charge in [-0.05, 0) is 12.7 Å². The molecule has 0 spiro atoms. The van der Waals surface area contributed by atoms with Crippen LogP contribution in [0.2, 0.25) is 0 Å². The van der Waals surface area contributed by atoms with Gasteiger partial charge in [0.25, 0.3) is 5.56 Å². The Morgan fingerprint density at radius 1 is 1.50 bits per heavy atom. The maximum Gasteiger partial charge on any atom is 0.281 e. The number of aromatic hydroxyl groups is 1. The Kier molecular flexibility index (Phi) is 4.89. The van der Waals surface area contributed by atoms with E-state index in [0.717, 1.165) is 21.9 Å². The molecule has 0 bridgehead atoms. The highest BCUT2D eigenvalue weighted by molar-refractivity contribution is 7.99. The first kappa shape index (κ1) is 16.1. The Morgan fingerprint density at radius 3 is 2.86 bits per heavy atom. The zero-order valence-corrected chi connectivity index (χ0v) is 13.7. The second-order valence-corrected chi connectivity index (χ2v) is 6.10.